The van der Waals surface area contributed by atoms with Crippen LogP contribution in [0, 0.1) is 17.8 Å². The third-order valence-corrected chi connectivity index (χ3v) is 3.34. The third-order valence-electron chi connectivity index (χ3n) is 3.34. The minimum absolute atomic E-state index is 0.250. The van der Waals surface area contributed by atoms with E-state index < -0.39 is 0 Å². The SMILES string of the molecule is CC1CNCC(CCC2CC2)C1.CCC.O=CO. The van der Waals surface area contributed by atoms with Crippen molar-refractivity contribution >= 4 is 6.47 Å². The lowest BCUT2D eigenvalue weighted by atomic mass is 9.88. The maximum absolute atomic E-state index is 8.36. The highest BCUT2D eigenvalue weighted by molar-refractivity contribution is 5.32. The highest BCUT2D eigenvalue weighted by Gasteiger charge is 2.24. The Labute approximate surface area is 112 Å². The van der Waals surface area contributed by atoms with Gasteiger partial charge in [0.25, 0.3) is 6.47 Å². The van der Waals surface area contributed by atoms with Crippen LogP contribution in [0.5, 0.6) is 0 Å². The molecule has 0 bridgehead atoms. The molecule has 2 atom stereocenters. The molecular formula is C15H31NO2. The molecule has 0 radical (unpaired) electrons. The molecule has 1 aliphatic carbocycles. The molecule has 0 aromatic carbocycles. The maximum atomic E-state index is 8.36. The summed E-state index contributed by atoms with van der Waals surface area (Å²) in [6.45, 7) is 8.91. The Kier molecular flexibility index (Phi) is 11.2. The van der Waals surface area contributed by atoms with Gasteiger partial charge in [-0.2, -0.15) is 0 Å². The van der Waals surface area contributed by atoms with Gasteiger partial charge >= 0.3 is 0 Å². The van der Waals surface area contributed by atoms with Crippen LogP contribution < -0.4 is 5.32 Å². The average Bonchev–Trinajstić information content (AvgIpc) is 3.12. The highest BCUT2D eigenvalue weighted by atomic mass is 16.3. The van der Waals surface area contributed by atoms with E-state index in [0.717, 1.165) is 17.8 Å². The lowest BCUT2D eigenvalue weighted by Gasteiger charge is -2.27. The Morgan fingerprint density at radius 2 is 1.67 bits per heavy atom. The Balaban J connectivity index is 0.000000414. The number of carboxylic acid groups (broad SMARTS) is 1. The normalized spacial score (nSPS) is 26.2. The van der Waals surface area contributed by atoms with Crippen LogP contribution in [0.2, 0.25) is 0 Å². The van der Waals surface area contributed by atoms with Crippen LogP contribution in [0.15, 0.2) is 0 Å². The molecule has 1 saturated carbocycles. The van der Waals surface area contributed by atoms with E-state index >= 15 is 0 Å². The van der Waals surface area contributed by atoms with E-state index in [1.807, 2.05) is 0 Å². The number of rotatable bonds is 3. The molecule has 0 spiro atoms. The standard InChI is InChI=1S/C11H21N.C3H8.CH2O2/c1-9-6-11(8-12-7-9)5-4-10-2-3-10;1-3-2;2-1-3/h9-12H,2-8H2,1H3;3H2,1-2H3;1H,(H,2,3). The first-order chi connectivity index (χ1) is 8.67. The van der Waals surface area contributed by atoms with Crippen molar-refractivity contribution in [1.82, 2.24) is 5.32 Å². The number of hydrogen-bond acceptors (Lipinski definition) is 2. The minimum atomic E-state index is -0.250. The summed E-state index contributed by atoms with van der Waals surface area (Å²) < 4.78 is 0. The summed E-state index contributed by atoms with van der Waals surface area (Å²) >= 11 is 0. The van der Waals surface area contributed by atoms with Crippen molar-refractivity contribution < 1.29 is 9.90 Å². The molecule has 1 heterocycles. The molecule has 3 heteroatoms. The molecule has 1 saturated heterocycles. The lowest BCUT2D eigenvalue weighted by Crippen LogP contribution is -2.34. The molecule has 0 aromatic rings. The Morgan fingerprint density at radius 3 is 2.11 bits per heavy atom. The molecular weight excluding hydrogens is 226 g/mol. The predicted octanol–water partition coefficient (Wildman–Crippen LogP) is 3.54. The fourth-order valence-corrected chi connectivity index (χ4v) is 2.37. The summed E-state index contributed by atoms with van der Waals surface area (Å²) in [5, 5.41) is 10.4. The van der Waals surface area contributed by atoms with Crippen molar-refractivity contribution in [3.05, 3.63) is 0 Å². The van der Waals surface area contributed by atoms with Gasteiger partial charge in [0.2, 0.25) is 0 Å². The topological polar surface area (TPSA) is 49.3 Å². The molecule has 0 amide bonds. The highest BCUT2D eigenvalue weighted by Crippen LogP contribution is 2.35. The molecule has 2 N–H and O–H groups in total. The van der Waals surface area contributed by atoms with Crippen LogP contribution in [0.4, 0.5) is 0 Å². The van der Waals surface area contributed by atoms with Crippen LogP contribution in [0.1, 0.15) is 59.3 Å². The number of nitrogens with one attached hydrogen (secondary N) is 1. The summed E-state index contributed by atoms with van der Waals surface area (Å²) in [6.07, 6.45) is 8.77. The van der Waals surface area contributed by atoms with E-state index in [2.05, 4.69) is 26.1 Å². The summed E-state index contributed by atoms with van der Waals surface area (Å²) in [5.74, 6) is 3.04. The molecule has 0 aromatic heterocycles. The average molecular weight is 257 g/mol. The van der Waals surface area contributed by atoms with Gasteiger partial charge in [-0.15, -0.1) is 0 Å². The van der Waals surface area contributed by atoms with E-state index in [4.69, 9.17) is 9.90 Å². The lowest BCUT2D eigenvalue weighted by molar-refractivity contribution is -0.122. The van der Waals surface area contributed by atoms with Gasteiger partial charge in [-0.25, -0.2) is 0 Å². The van der Waals surface area contributed by atoms with Gasteiger partial charge in [-0.05, 0) is 43.7 Å². The van der Waals surface area contributed by atoms with E-state index in [1.54, 1.807) is 0 Å². The Morgan fingerprint density at radius 1 is 1.17 bits per heavy atom. The zero-order valence-electron chi connectivity index (χ0n) is 12.3. The van der Waals surface area contributed by atoms with Crippen molar-refractivity contribution in [2.45, 2.75) is 59.3 Å². The monoisotopic (exact) mass is 257 g/mol. The van der Waals surface area contributed by atoms with Gasteiger partial charge < -0.3 is 10.4 Å². The quantitative estimate of drug-likeness (QED) is 0.760. The fraction of sp³-hybridized carbons (Fsp3) is 0.933. The number of piperidine rings is 1. The molecule has 2 unspecified atom stereocenters. The van der Waals surface area contributed by atoms with Gasteiger partial charge in [-0.1, -0.05) is 46.5 Å². The molecule has 2 fully saturated rings. The second-order valence-corrected chi connectivity index (χ2v) is 5.70. The van der Waals surface area contributed by atoms with Gasteiger partial charge in [0.15, 0.2) is 0 Å². The molecule has 2 rings (SSSR count). The van der Waals surface area contributed by atoms with Crippen LogP contribution in [-0.2, 0) is 4.79 Å². The first kappa shape index (κ1) is 17.4. The fourth-order valence-electron chi connectivity index (χ4n) is 2.37. The summed E-state index contributed by atoms with van der Waals surface area (Å²) in [6, 6.07) is 0. The van der Waals surface area contributed by atoms with E-state index in [9.17, 15) is 0 Å². The number of hydrogen-bond donors (Lipinski definition) is 2. The van der Waals surface area contributed by atoms with Crippen LogP contribution in [-0.4, -0.2) is 24.7 Å². The van der Waals surface area contributed by atoms with Crippen LogP contribution >= 0.6 is 0 Å². The summed E-state index contributed by atoms with van der Waals surface area (Å²) in [4.78, 5) is 8.36. The second kappa shape index (κ2) is 11.5. The van der Waals surface area contributed by atoms with Crippen LogP contribution in [0.3, 0.4) is 0 Å². The Hall–Kier alpha value is -0.570. The minimum Gasteiger partial charge on any atom is -0.483 e. The van der Waals surface area contributed by atoms with E-state index in [1.165, 1.54) is 51.6 Å². The molecule has 1 aliphatic heterocycles. The van der Waals surface area contributed by atoms with Crippen molar-refractivity contribution in [3.63, 3.8) is 0 Å². The van der Waals surface area contributed by atoms with Crippen molar-refractivity contribution in [2.24, 2.45) is 17.8 Å². The van der Waals surface area contributed by atoms with Gasteiger partial charge in [-0.3, -0.25) is 4.79 Å². The van der Waals surface area contributed by atoms with Gasteiger partial charge in [0.05, 0.1) is 0 Å². The third kappa shape index (κ3) is 10.6. The molecule has 3 nitrogen and oxygen atoms in total. The smallest absolute Gasteiger partial charge is 0.290 e. The van der Waals surface area contributed by atoms with Crippen molar-refractivity contribution in [3.8, 4) is 0 Å². The summed E-state index contributed by atoms with van der Waals surface area (Å²) in [5.41, 5.74) is 0. The van der Waals surface area contributed by atoms with E-state index in [-0.39, 0.29) is 6.47 Å². The van der Waals surface area contributed by atoms with Gasteiger partial charge in [0, 0.05) is 0 Å². The zero-order valence-corrected chi connectivity index (χ0v) is 12.3. The summed E-state index contributed by atoms with van der Waals surface area (Å²) in [7, 11) is 0. The van der Waals surface area contributed by atoms with E-state index in [0.29, 0.717) is 0 Å². The van der Waals surface area contributed by atoms with Crippen LogP contribution in [0.25, 0.3) is 0 Å². The number of carbonyl (C=O) groups is 1. The first-order valence-corrected chi connectivity index (χ1v) is 7.46. The predicted molar refractivity (Wildman–Crippen MR) is 76.8 cm³/mol. The van der Waals surface area contributed by atoms with Crippen molar-refractivity contribution in [2.75, 3.05) is 13.1 Å². The molecule has 2 aliphatic rings. The largest absolute Gasteiger partial charge is 0.483 e. The molecule has 108 valence electrons. The van der Waals surface area contributed by atoms with Crippen molar-refractivity contribution in [1.29, 1.82) is 0 Å². The first-order valence-electron chi connectivity index (χ1n) is 7.46. The molecule has 18 heavy (non-hydrogen) atoms. The zero-order chi connectivity index (χ0) is 13.8. The maximum Gasteiger partial charge on any atom is 0.290 e. The second-order valence-electron chi connectivity index (χ2n) is 5.70. The Bertz CT molecular complexity index is 193. The van der Waals surface area contributed by atoms with Gasteiger partial charge in [0.1, 0.15) is 0 Å².